The van der Waals surface area contributed by atoms with Crippen LogP contribution in [0.1, 0.15) is 11.4 Å². The molecule has 0 saturated heterocycles. The zero-order chi connectivity index (χ0) is 15.8. The number of carbonyl (C=O) groups is 1. The van der Waals surface area contributed by atoms with Crippen molar-refractivity contribution in [3.63, 3.8) is 0 Å². The van der Waals surface area contributed by atoms with Gasteiger partial charge in [0.15, 0.2) is 5.13 Å². The van der Waals surface area contributed by atoms with Gasteiger partial charge in [0.1, 0.15) is 5.69 Å². The summed E-state index contributed by atoms with van der Waals surface area (Å²) in [4.78, 5) is 25.5. The van der Waals surface area contributed by atoms with Gasteiger partial charge in [0.2, 0.25) is 5.91 Å². The van der Waals surface area contributed by atoms with E-state index in [0.29, 0.717) is 18.0 Å². The van der Waals surface area contributed by atoms with E-state index in [1.54, 1.807) is 23.3 Å². The minimum atomic E-state index is -0.128. The number of aryl methyl sites for hydroxylation is 1. The molecule has 0 aromatic carbocycles. The average molecular weight is 326 g/mol. The molecule has 3 aromatic heterocycles. The van der Waals surface area contributed by atoms with Crippen LogP contribution in [0, 0.1) is 5.92 Å². The molecule has 8 heteroatoms. The highest BCUT2D eigenvalue weighted by Gasteiger charge is 2.29. The first-order valence-corrected chi connectivity index (χ1v) is 8.12. The minimum absolute atomic E-state index is 0.0318. The monoisotopic (exact) mass is 326 g/mol. The van der Waals surface area contributed by atoms with Crippen LogP contribution in [0.3, 0.4) is 0 Å². The predicted molar refractivity (Wildman–Crippen MR) is 85.9 cm³/mol. The number of rotatable bonds is 3. The Kier molecular flexibility index (Phi) is 3.38. The van der Waals surface area contributed by atoms with E-state index in [1.807, 2.05) is 18.5 Å². The topological polar surface area (TPSA) is 85.6 Å². The molecule has 0 atom stereocenters. The molecule has 1 aliphatic rings. The van der Waals surface area contributed by atoms with Gasteiger partial charge in [0, 0.05) is 49.8 Å². The van der Waals surface area contributed by atoms with Crippen LogP contribution < -0.4 is 5.32 Å². The van der Waals surface area contributed by atoms with E-state index in [2.05, 4.69) is 25.4 Å². The van der Waals surface area contributed by atoms with Crippen LogP contribution in [0.4, 0.5) is 5.13 Å². The highest BCUT2D eigenvalue weighted by Crippen LogP contribution is 2.27. The Hall–Kier alpha value is -2.61. The Morgan fingerprint density at radius 1 is 1.26 bits per heavy atom. The van der Waals surface area contributed by atoms with Crippen molar-refractivity contribution in [3.8, 4) is 11.4 Å². The largest absolute Gasteiger partial charge is 0.302 e. The second-order valence-corrected chi connectivity index (χ2v) is 6.28. The van der Waals surface area contributed by atoms with Crippen LogP contribution in [0.15, 0.2) is 30.0 Å². The van der Waals surface area contributed by atoms with E-state index >= 15 is 0 Å². The molecule has 4 rings (SSSR count). The number of hydrogen-bond acceptors (Lipinski definition) is 6. The maximum Gasteiger partial charge on any atom is 0.230 e. The molecule has 23 heavy (non-hydrogen) atoms. The van der Waals surface area contributed by atoms with Crippen molar-refractivity contribution in [1.29, 1.82) is 0 Å². The lowest BCUT2D eigenvalue weighted by atomic mass is 10.1. The Labute approximate surface area is 136 Å². The first kappa shape index (κ1) is 14.0. The Balaban J connectivity index is 1.46. The summed E-state index contributed by atoms with van der Waals surface area (Å²) >= 11 is 1.41. The van der Waals surface area contributed by atoms with Gasteiger partial charge < -0.3 is 5.32 Å². The maximum atomic E-state index is 12.4. The van der Waals surface area contributed by atoms with Crippen molar-refractivity contribution in [1.82, 2.24) is 24.7 Å². The van der Waals surface area contributed by atoms with Gasteiger partial charge in [-0.15, -0.1) is 11.3 Å². The first-order chi connectivity index (χ1) is 11.2. The fraction of sp³-hybridized carbons (Fsp3) is 0.267. The quantitative estimate of drug-likeness (QED) is 0.791. The number of carbonyl (C=O) groups excluding carboxylic acids is 1. The van der Waals surface area contributed by atoms with Gasteiger partial charge in [-0.3, -0.25) is 19.4 Å². The maximum absolute atomic E-state index is 12.4. The molecule has 0 unspecified atom stereocenters. The summed E-state index contributed by atoms with van der Waals surface area (Å²) < 4.78 is 1.76. The summed E-state index contributed by atoms with van der Waals surface area (Å²) in [6.07, 6.45) is 6.33. The molecule has 3 aromatic rings. The summed E-state index contributed by atoms with van der Waals surface area (Å²) in [5.74, 6) is -0.160. The van der Waals surface area contributed by atoms with Gasteiger partial charge in [-0.1, -0.05) is 0 Å². The van der Waals surface area contributed by atoms with Crippen LogP contribution in [0.2, 0.25) is 0 Å². The number of nitrogens with zero attached hydrogens (tertiary/aromatic N) is 5. The normalized spacial score (nSPS) is 14.0. The zero-order valence-corrected chi connectivity index (χ0v) is 13.2. The molecule has 0 saturated carbocycles. The van der Waals surface area contributed by atoms with Crippen molar-refractivity contribution in [3.05, 3.63) is 41.4 Å². The number of hydrogen-bond donors (Lipinski definition) is 1. The summed E-state index contributed by atoms with van der Waals surface area (Å²) in [7, 11) is 1.86. The molecule has 7 nitrogen and oxygen atoms in total. The molecule has 3 heterocycles. The lowest BCUT2D eigenvalue weighted by molar-refractivity contribution is -0.119. The van der Waals surface area contributed by atoms with Crippen LogP contribution in [-0.2, 0) is 24.7 Å². The van der Waals surface area contributed by atoms with Gasteiger partial charge in [-0.25, -0.2) is 4.98 Å². The van der Waals surface area contributed by atoms with Crippen LogP contribution in [0.25, 0.3) is 11.4 Å². The summed E-state index contributed by atoms with van der Waals surface area (Å²) in [5.41, 5.74) is 3.57. The minimum Gasteiger partial charge on any atom is -0.302 e. The van der Waals surface area contributed by atoms with E-state index in [1.165, 1.54) is 11.3 Å². The number of aromatic nitrogens is 5. The van der Waals surface area contributed by atoms with Gasteiger partial charge in [0.05, 0.1) is 17.1 Å². The number of thiazole rings is 1. The Morgan fingerprint density at radius 3 is 2.65 bits per heavy atom. The van der Waals surface area contributed by atoms with Gasteiger partial charge in [-0.05, 0) is 6.07 Å². The van der Waals surface area contributed by atoms with Crippen molar-refractivity contribution in [2.24, 2.45) is 13.0 Å². The molecule has 0 spiro atoms. The van der Waals surface area contributed by atoms with Crippen LogP contribution >= 0.6 is 11.3 Å². The lowest BCUT2D eigenvalue weighted by Crippen LogP contribution is -2.23. The molecular weight excluding hydrogens is 312 g/mol. The molecule has 0 fully saturated rings. The van der Waals surface area contributed by atoms with Gasteiger partial charge in [0.25, 0.3) is 0 Å². The molecule has 0 radical (unpaired) electrons. The lowest BCUT2D eigenvalue weighted by Gasteiger charge is -2.07. The van der Waals surface area contributed by atoms with Crippen molar-refractivity contribution < 1.29 is 4.79 Å². The van der Waals surface area contributed by atoms with E-state index in [0.717, 1.165) is 22.8 Å². The highest BCUT2D eigenvalue weighted by molar-refractivity contribution is 7.14. The van der Waals surface area contributed by atoms with E-state index < -0.39 is 0 Å². The second kappa shape index (κ2) is 5.54. The average Bonchev–Trinajstić information content (AvgIpc) is 3.25. The second-order valence-electron chi connectivity index (χ2n) is 5.42. The molecular formula is C15H14N6OS. The summed E-state index contributed by atoms with van der Waals surface area (Å²) in [6, 6.07) is 1.89. The smallest absolute Gasteiger partial charge is 0.230 e. The molecule has 0 bridgehead atoms. The molecule has 1 amide bonds. The van der Waals surface area contributed by atoms with Gasteiger partial charge >= 0.3 is 0 Å². The van der Waals surface area contributed by atoms with Crippen LogP contribution in [0.5, 0.6) is 0 Å². The molecule has 0 aliphatic heterocycles. The number of nitrogens with one attached hydrogen (secondary N) is 1. The SMILES string of the molecule is Cn1nccc1-c1csc(NC(=O)C2Cc3nccnc3C2)n1. The highest BCUT2D eigenvalue weighted by atomic mass is 32.1. The first-order valence-electron chi connectivity index (χ1n) is 7.24. The number of anilines is 1. The van der Waals surface area contributed by atoms with E-state index in [-0.39, 0.29) is 11.8 Å². The molecule has 116 valence electrons. The molecule has 1 aliphatic carbocycles. The third-order valence-corrected chi connectivity index (χ3v) is 4.69. The third-order valence-electron chi connectivity index (χ3n) is 3.93. The van der Waals surface area contributed by atoms with E-state index in [9.17, 15) is 4.79 Å². The Morgan fingerprint density at radius 2 is 2.00 bits per heavy atom. The number of amides is 1. The number of fused-ring (bicyclic) bond motifs is 1. The zero-order valence-electron chi connectivity index (χ0n) is 12.4. The standard InChI is InChI=1S/C15H14N6OS/c1-21-13(2-3-18-21)12-8-23-15(19-12)20-14(22)9-6-10-11(7-9)17-5-4-16-10/h2-5,8-9H,6-7H2,1H3,(H,19,20,22). The Bertz CT molecular complexity index is 845. The van der Waals surface area contributed by atoms with Crippen molar-refractivity contribution in [2.45, 2.75) is 12.8 Å². The van der Waals surface area contributed by atoms with Crippen molar-refractivity contribution >= 4 is 22.4 Å². The van der Waals surface area contributed by atoms with Crippen molar-refractivity contribution in [2.75, 3.05) is 5.32 Å². The van der Waals surface area contributed by atoms with Crippen LogP contribution in [-0.4, -0.2) is 30.6 Å². The predicted octanol–water partition coefficient (Wildman–Crippen LogP) is 1.69. The third kappa shape index (κ3) is 2.61. The molecule has 1 N–H and O–H groups in total. The summed E-state index contributed by atoms with van der Waals surface area (Å²) in [6.45, 7) is 0. The van der Waals surface area contributed by atoms with Gasteiger partial charge in [-0.2, -0.15) is 5.10 Å². The van der Waals surface area contributed by atoms with E-state index in [4.69, 9.17) is 0 Å². The fourth-order valence-electron chi connectivity index (χ4n) is 2.74. The summed E-state index contributed by atoms with van der Waals surface area (Å²) in [5, 5.41) is 9.55. The fourth-order valence-corrected chi connectivity index (χ4v) is 3.45.